The highest BCUT2D eigenvalue weighted by Crippen LogP contribution is 2.28. The van der Waals surface area contributed by atoms with Crippen LogP contribution in [0.1, 0.15) is 13.8 Å². The Hall–Kier alpha value is -1.10. The normalized spacial score (nSPS) is 14.5. The van der Waals surface area contributed by atoms with Gasteiger partial charge in [0.1, 0.15) is 0 Å². The van der Waals surface area contributed by atoms with E-state index in [1.807, 2.05) is 0 Å². The SMILES string of the molecule is CC(Sc1ccc(F)c(F)c1)C(C)C(=O)O. The van der Waals surface area contributed by atoms with Crippen LogP contribution in [0, 0.1) is 17.6 Å². The number of benzene rings is 1. The molecular formula is C11H12F2O2S. The molecule has 2 unspecified atom stereocenters. The summed E-state index contributed by atoms with van der Waals surface area (Å²) >= 11 is 1.22. The molecule has 88 valence electrons. The van der Waals surface area contributed by atoms with E-state index in [2.05, 4.69) is 0 Å². The second-order valence-corrected chi connectivity index (χ2v) is 4.98. The summed E-state index contributed by atoms with van der Waals surface area (Å²) in [5, 5.41) is 8.58. The number of hydrogen-bond acceptors (Lipinski definition) is 2. The molecule has 1 aromatic carbocycles. The van der Waals surface area contributed by atoms with Gasteiger partial charge in [-0.15, -0.1) is 11.8 Å². The van der Waals surface area contributed by atoms with Crippen molar-refractivity contribution < 1.29 is 18.7 Å². The first-order valence-corrected chi connectivity index (χ1v) is 5.64. The average Bonchev–Trinajstić information content (AvgIpc) is 2.22. The van der Waals surface area contributed by atoms with Gasteiger partial charge in [-0.1, -0.05) is 13.8 Å². The average molecular weight is 246 g/mol. The van der Waals surface area contributed by atoms with E-state index >= 15 is 0 Å². The minimum atomic E-state index is -0.917. The van der Waals surface area contributed by atoms with Gasteiger partial charge >= 0.3 is 5.97 Å². The van der Waals surface area contributed by atoms with Crippen molar-refractivity contribution in [2.45, 2.75) is 24.0 Å². The predicted molar refractivity (Wildman–Crippen MR) is 58.5 cm³/mol. The first kappa shape index (κ1) is 13.0. The van der Waals surface area contributed by atoms with Crippen LogP contribution in [0.2, 0.25) is 0 Å². The molecule has 0 fully saturated rings. The van der Waals surface area contributed by atoms with Gasteiger partial charge in [0.2, 0.25) is 0 Å². The Morgan fingerprint density at radius 3 is 2.44 bits per heavy atom. The maximum atomic E-state index is 12.9. The smallest absolute Gasteiger partial charge is 0.307 e. The third-order valence-corrected chi connectivity index (χ3v) is 3.61. The fourth-order valence-electron chi connectivity index (χ4n) is 1.07. The minimum Gasteiger partial charge on any atom is -0.481 e. The van der Waals surface area contributed by atoms with E-state index in [9.17, 15) is 13.6 Å². The molecule has 0 aliphatic rings. The second kappa shape index (κ2) is 5.30. The summed E-state index contributed by atoms with van der Waals surface area (Å²) in [4.78, 5) is 11.2. The molecule has 1 aromatic rings. The number of aliphatic carboxylic acids is 1. The molecule has 0 saturated heterocycles. The lowest BCUT2D eigenvalue weighted by molar-refractivity contribution is -0.140. The topological polar surface area (TPSA) is 37.3 Å². The van der Waals surface area contributed by atoms with Crippen LogP contribution in [0.3, 0.4) is 0 Å². The molecular weight excluding hydrogens is 234 g/mol. The van der Waals surface area contributed by atoms with Gasteiger partial charge in [-0.25, -0.2) is 8.78 Å². The van der Waals surface area contributed by atoms with E-state index < -0.39 is 23.5 Å². The van der Waals surface area contributed by atoms with Crippen molar-refractivity contribution in [3.8, 4) is 0 Å². The first-order valence-electron chi connectivity index (χ1n) is 4.76. The van der Waals surface area contributed by atoms with E-state index in [4.69, 9.17) is 5.11 Å². The molecule has 0 aliphatic heterocycles. The van der Waals surface area contributed by atoms with Crippen LogP contribution in [0.4, 0.5) is 8.78 Å². The van der Waals surface area contributed by atoms with Gasteiger partial charge in [-0.05, 0) is 18.2 Å². The zero-order chi connectivity index (χ0) is 12.3. The summed E-state index contributed by atoms with van der Waals surface area (Å²) in [6.07, 6.45) is 0. The Bertz CT molecular complexity index is 396. The number of thioether (sulfide) groups is 1. The van der Waals surface area contributed by atoms with Crippen LogP contribution in [0.25, 0.3) is 0 Å². The Balaban J connectivity index is 2.73. The lowest BCUT2D eigenvalue weighted by atomic mass is 10.1. The number of halogens is 2. The number of carboxylic acids is 1. The summed E-state index contributed by atoms with van der Waals surface area (Å²) in [6, 6.07) is 3.55. The van der Waals surface area contributed by atoms with E-state index in [0.29, 0.717) is 4.90 Å². The molecule has 1 rings (SSSR count). The highest BCUT2D eigenvalue weighted by Gasteiger charge is 2.20. The van der Waals surface area contributed by atoms with Crippen LogP contribution in [-0.4, -0.2) is 16.3 Å². The van der Waals surface area contributed by atoms with Crippen molar-refractivity contribution in [2.75, 3.05) is 0 Å². The fourth-order valence-corrected chi connectivity index (χ4v) is 2.14. The maximum Gasteiger partial charge on any atom is 0.307 e. The molecule has 0 aliphatic carbocycles. The molecule has 0 heterocycles. The zero-order valence-electron chi connectivity index (χ0n) is 8.91. The van der Waals surface area contributed by atoms with Crippen molar-refractivity contribution in [2.24, 2.45) is 5.92 Å². The molecule has 1 N–H and O–H groups in total. The molecule has 5 heteroatoms. The van der Waals surface area contributed by atoms with Crippen LogP contribution in [-0.2, 0) is 4.79 Å². The molecule has 2 nitrogen and oxygen atoms in total. The number of carboxylic acid groups (broad SMARTS) is 1. The Kier molecular flexibility index (Phi) is 4.29. The van der Waals surface area contributed by atoms with Crippen molar-refractivity contribution in [1.29, 1.82) is 0 Å². The van der Waals surface area contributed by atoms with Gasteiger partial charge in [0.15, 0.2) is 11.6 Å². The molecule has 0 bridgehead atoms. The molecule has 0 amide bonds. The largest absolute Gasteiger partial charge is 0.481 e. The first-order chi connectivity index (χ1) is 7.41. The van der Waals surface area contributed by atoms with Gasteiger partial charge in [0, 0.05) is 10.1 Å². The van der Waals surface area contributed by atoms with Gasteiger partial charge in [0.25, 0.3) is 0 Å². The third kappa shape index (κ3) is 3.20. The molecule has 0 saturated carbocycles. The Morgan fingerprint density at radius 2 is 1.94 bits per heavy atom. The number of rotatable bonds is 4. The summed E-state index contributed by atoms with van der Waals surface area (Å²) in [5.41, 5.74) is 0. The van der Waals surface area contributed by atoms with E-state index in [1.165, 1.54) is 17.8 Å². The quantitative estimate of drug-likeness (QED) is 0.829. The van der Waals surface area contributed by atoms with Crippen molar-refractivity contribution >= 4 is 17.7 Å². The lowest BCUT2D eigenvalue weighted by Gasteiger charge is -2.15. The van der Waals surface area contributed by atoms with Gasteiger partial charge in [-0.3, -0.25) is 4.79 Å². The molecule has 0 radical (unpaired) electrons. The number of hydrogen-bond donors (Lipinski definition) is 1. The maximum absolute atomic E-state index is 12.9. The highest BCUT2D eigenvalue weighted by atomic mass is 32.2. The molecule has 16 heavy (non-hydrogen) atoms. The summed E-state index contributed by atoms with van der Waals surface area (Å²) < 4.78 is 25.5. The zero-order valence-corrected chi connectivity index (χ0v) is 9.72. The molecule has 0 aromatic heterocycles. The van der Waals surface area contributed by atoms with Crippen molar-refractivity contribution in [3.05, 3.63) is 29.8 Å². The Labute approximate surface area is 96.7 Å². The van der Waals surface area contributed by atoms with Crippen LogP contribution in [0.5, 0.6) is 0 Å². The summed E-state index contributed by atoms with van der Waals surface area (Å²) in [5.74, 6) is -3.26. The van der Waals surface area contributed by atoms with Crippen LogP contribution in [0.15, 0.2) is 23.1 Å². The summed E-state index contributed by atoms with van der Waals surface area (Å²) in [6.45, 7) is 3.32. The molecule has 2 atom stereocenters. The second-order valence-electron chi connectivity index (χ2n) is 3.53. The van der Waals surface area contributed by atoms with Crippen LogP contribution >= 0.6 is 11.8 Å². The van der Waals surface area contributed by atoms with Crippen LogP contribution < -0.4 is 0 Å². The minimum absolute atomic E-state index is 0.206. The van der Waals surface area contributed by atoms with Gasteiger partial charge < -0.3 is 5.11 Å². The monoisotopic (exact) mass is 246 g/mol. The van der Waals surface area contributed by atoms with Crippen molar-refractivity contribution in [1.82, 2.24) is 0 Å². The van der Waals surface area contributed by atoms with Gasteiger partial charge in [0.05, 0.1) is 5.92 Å². The molecule has 0 spiro atoms. The highest BCUT2D eigenvalue weighted by molar-refractivity contribution is 8.00. The van der Waals surface area contributed by atoms with E-state index in [1.54, 1.807) is 13.8 Å². The van der Waals surface area contributed by atoms with Gasteiger partial charge in [-0.2, -0.15) is 0 Å². The van der Waals surface area contributed by atoms with E-state index in [0.717, 1.165) is 12.1 Å². The van der Waals surface area contributed by atoms with E-state index in [-0.39, 0.29) is 5.25 Å². The van der Waals surface area contributed by atoms with Crippen molar-refractivity contribution in [3.63, 3.8) is 0 Å². The summed E-state index contributed by atoms with van der Waals surface area (Å²) in [7, 11) is 0. The Morgan fingerprint density at radius 1 is 1.31 bits per heavy atom. The third-order valence-electron chi connectivity index (χ3n) is 2.31. The number of carbonyl (C=O) groups is 1. The fraction of sp³-hybridized carbons (Fsp3) is 0.364. The predicted octanol–water partition coefficient (Wildman–Crippen LogP) is 3.17. The lowest BCUT2D eigenvalue weighted by Crippen LogP contribution is -2.19. The standard InChI is InChI=1S/C11H12F2O2S/c1-6(11(14)15)7(2)16-8-3-4-9(12)10(13)5-8/h3-7H,1-2H3,(H,14,15).